The van der Waals surface area contributed by atoms with Gasteiger partial charge in [0.1, 0.15) is 12.2 Å². The lowest BCUT2D eigenvalue weighted by Crippen LogP contribution is -2.54. The summed E-state index contributed by atoms with van der Waals surface area (Å²) in [6.45, 7) is 48.5. The second kappa shape index (κ2) is 29.1. The molecule has 372 valence electrons. The molecular formula is C40H87N3O13Si8. The van der Waals surface area contributed by atoms with Crippen molar-refractivity contribution in [2.75, 3.05) is 52.1 Å². The number of allylic oxidation sites excluding steroid dienone is 2. The molecule has 0 bridgehead atoms. The van der Waals surface area contributed by atoms with Gasteiger partial charge in [-0.15, -0.1) is 13.2 Å². The minimum Gasteiger partial charge on any atom is -0.437 e. The van der Waals surface area contributed by atoms with Crippen molar-refractivity contribution in [3.05, 3.63) is 63.3 Å². The molecule has 0 saturated carbocycles. The molecule has 5 unspecified atom stereocenters. The minimum atomic E-state index is -2.23. The van der Waals surface area contributed by atoms with Crippen LogP contribution in [0, 0.1) is 0 Å². The highest BCUT2D eigenvalue weighted by molar-refractivity contribution is 6.86. The molecule has 64 heavy (non-hydrogen) atoms. The molecule has 0 amide bonds. The summed E-state index contributed by atoms with van der Waals surface area (Å²) in [5.41, 5.74) is -2.14. The number of aromatic nitrogens is 3. The Morgan fingerprint density at radius 1 is 0.641 bits per heavy atom. The van der Waals surface area contributed by atoms with Crippen molar-refractivity contribution in [2.45, 2.75) is 148 Å². The molecule has 3 rings (SSSR count). The molecule has 16 nitrogen and oxygen atoms in total. The molecule has 2 aliphatic heterocycles. The van der Waals surface area contributed by atoms with Crippen molar-refractivity contribution >= 4 is 75.4 Å². The van der Waals surface area contributed by atoms with Crippen molar-refractivity contribution in [3.63, 3.8) is 0 Å². The van der Waals surface area contributed by atoms with Gasteiger partial charge in [0, 0.05) is 31.9 Å². The Bertz CT molecular complexity index is 1680. The Hall–Kier alpha value is -1.03. The molecule has 0 aromatic carbocycles. The zero-order chi connectivity index (χ0) is 48.9. The van der Waals surface area contributed by atoms with E-state index in [9.17, 15) is 14.4 Å². The largest absolute Gasteiger partial charge is 0.437 e. The Labute approximate surface area is 395 Å². The highest BCUT2D eigenvalue weighted by Crippen LogP contribution is 2.26. The molecule has 2 saturated heterocycles. The summed E-state index contributed by atoms with van der Waals surface area (Å²) in [5, 5.41) is 0. The number of rotatable bonds is 31. The first-order chi connectivity index (χ1) is 29.6. The van der Waals surface area contributed by atoms with Crippen LogP contribution >= 0.6 is 0 Å². The smallest absolute Gasteiger partial charge is 0.340 e. The van der Waals surface area contributed by atoms with Gasteiger partial charge >= 0.3 is 52.0 Å². The number of nitrogens with zero attached hydrogens (tertiary/aromatic N) is 3. The zero-order valence-electron chi connectivity index (χ0n) is 42.3. The van der Waals surface area contributed by atoms with Gasteiger partial charge < -0.3 is 44.3 Å². The van der Waals surface area contributed by atoms with Gasteiger partial charge in [-0.25, -0.2) is 28.1 Å². The van der Waals surface area contributed by atoms with E-state index in [1.54, 1.807) is 0 Å². The van der Waals surface area contributed by atoms with E-state index in [1.807, 2.05) is 0 Å². The number of ether oxygens (including phenoxy) is 4. The first kappa shape index (κ1) is 61.0. The zero-order valence-corrected chi connectivity index (χ0v) is 50.8. The van der Waals surface area contributed by atoms with Crippen molar-refractivity contribution in [1.82, 2.24) is 13.7 Å². The Balaban J connectivity index is 0.000000487. The standard InChI is InChI=1S/C15H38O5Si4.C14H36O5Si4.C11H13N3O3/c1-21(2)14-18-24(8,11-9-10-16-12-15-13-17-15)20-23(6,7)19-22(3,4)5;1-20(2)13-17-21(3)18-23(7,19-22(4,5)6)10-8-9-15-11-14-12-16-14;1-4-7-13-9(15)12(6-3)10(16)14(8-5-2)11(13)17/h15,21H,9-14H2,1-8H3;14,20-21H,8-13H2,1-7H3;4-6H,1-3,7-8H2. The van der Waals surface area contributed by atoms with E-state index in [0.29, 0.717) is 12.2 Å². The van der Waals surface area contributed by atoms with E-state index < -0.39 is 86.3 Å². The van der Waals surface area contributed by atoms with Crippen molar-refractivity contribution in [1.29, 1.82) is 0 Å². The van der Waals surface area contributed by atoms with Crippen LogP contribution in [0.5, 0.6) is 0 Å². The fraction of sp³-hybridized carbons (Fsp3) is 0.775. The van der Waals surface area contributed by atoms with Crippen molar-refractivity contribution < 1.29 is 44.3 Å². The highest BCUT2D eigenvalue weighted by atomic mass is 28.5. The van der Waals surface area contributed by atoms with Crippen LogP contribution in [0.25, 0.3) is 6.20 Å². The van der Waals surface area contributed by atoms with Crippen LogP contribution in [0.15, 0.2) is 46.3 Å². The monoisotopic (exact) mass is 1040 g/mol. The molecule has 5 atom stereocenters. The molecule has 1 aromatic rings. The fourth-order valence-electron chi connectivity index (χ4n) is 6.40. The normalized spacial score (nSPS) is 18.5. The summed E-state index contributed by atoms with van der Waals surface area (Å²) in [7, 11) is -12.9. The Morgan fingerprint density at radius 3 is 1.45 bits per heavy atom. The maximum Gasteiger partial charge on any atom is 0.340 e. The molecular weight excluding hydrogens is 955 g/mol. The Morgan fingerprint density at radius 2 is 1.08 bits per heavy atom. The molecule has 0 spiro atoms. The molecule has 2 fully saturated rings. The van der Waals surface area contributed by atoms with Crippen molar-refractivity contribution in [2.24, 2.45) is 0 Å². The van der Waals surface area contributed by atoms with Gasteiger partial charge in [0.15, 0.2) is 16.6 Å². The summed E-state index contributed by atoms with van der Waals surface area (Å²) < 4.78 is 62.4. The van der Waals surface area contributed by atoms with E-state index in [4.69, 9.17) is 44.3 Å². The van der Waals surface area contributed by atoms with E-state index >= 15 is 0 Å². The van der Waals surface area contributed by atoms with E-state index in [1.165, 1.54) is 12.2 Å². The molecule has 3 heterocycles. The Kier molecular flexibility index (Phi) is 27.7. The predicted octanol–water partition coefficient (Wildman–Crippen LogP) is 5.75. The minimum absolute atomic E-state index is 0.0307. The third-order valence-corrected chi connectivity index (χ3v) is 30.7. The third-order valence-electron chi connectivity index (χ3n) is 8.73. The third kappa shape index (κ3) is 27.7. The maximum atomic E-state index is 11.8. The van der Waals surface area contributed by atoms with Gasteiger partial charge in [0.2, 0.25) is 0 Å². The summed E-state index contributed by atoms with van der Waals surface area (Å²) in [5.74, 6) is 0. The van der Waals surface area contributed by atoms with Gasteiger partial charge in [0.25, 0.3) is 0 Å². The lowest BCUT2D eigenvalue weighted by molar-refractivity contribution is 0.115. The summed E-state index contributed by atoms with van der Waals surface area (Å²) in [6, 6.07) is 1.94. The first-order valence-electron chi connectivity index (χ1n) is 22.8. The first-order valence-corrected chi connectivity index (χ1v) is 45.8. The molecule has 0 aliphatic carbocycles. The van der Waals surface area contributed by atoms with Crippen LogP contribution in [0.4, 0.5) is 0 Å². The van der Waals surface area contributed by atoms with Gasteiger partial charge in [-0.05, 0) is 96.9 Å². The van der Waals surface area contributed by atoms with Crippen LogP contribution in [0.2, 0.25) is 110 Å². The average Bonchev–Trinajstić information content (AvgIpc) is 4.09. The van der Waals surface area contributed by atoms with Gasteiger partial charge in [-0.3, -0.25) is 0 Å². The number of hydrogen-bond donors (Lipinski definition) is 0. The number of epoxide rings is 2. The summed E-state index contributed by atoms with van der Waals surface area (Å²) >= 11 is 0. The molecule has 24 heteroatoms. The quantitative estimate of drug-likeness (QED) is 0.0383. The summed E-state index contributed by atoms with van der Waals surface area (Å²) in [6.07, 6.45) is 8.32. The van der Waals surface area contributed by atoms with E-state index in [0.717, 1.165) is 96.9 Å². The maximum absolute atomic E-state index is 11.8. The fourth-order valence-corrected chi connectivity index (χ4v) is 34.5. The van der Waals surface area contributed by atoms with Crippen LogP contribution < -0.4 is 17.1 Å². The molecule has 0 N–H and O–H groups in total. The van der Waals surface area contributed by atoms with Crippen LogP contribution in [-0.4, -0.2) is 147 Å². The van der Waals surface area contributed by atoms with Crippen LogP contribution in [-0.2, 0) is 57.3 Å². The van der Waals surface area contributed by atoms with E-state index in [-0.39, 0.29) is 13.1 Å². The van der Waals surface area contributed by atoms with Crippen LogP contribution in [0.1, 0.15) is 12.8 Å². The molecule has 0 radical (unpaired) electrons. The lowest BCUT2D eigenvalue weighted by atomic mass is 10.5. The van der Waals surface area contributed by atoms with Crippen LogP contribution in [0.3, 0.4) is 0 Å². The summed E-state index contributed by atoms with van der Waals surface area (Å²) in [4.78, 5) is 35.4. The second-order valence-electron chi connectivity index (χ2n) is 19.8. The SMILES string of the molecule is C=CCn1c(=O)n(C=C)c(=O)n(CC=C)c1=O.C[SiH](C)CO[SiH](C)O[Si](C)(CCCOCC1CO1)O[Si](C)(C)C.C[SiH](C)CO[Si](C)(CCCOCC1CO1)O[Si](C)(C)O[Si](C)(C)C. The molecule has 1 aromatic heterocycles. The number of hydrogen-bond acceptors (Lipinski definition) is 13. The van der Waals surface area contributed by atoms with Crippen molar-refractivity contribution in [3.8, 4) is 0 Å². The van der Waals surface area contributed by atoms with E-state index in [2.05, 4.69) is 118 Å². The predicted molar refractivity (Wildman–Crippen MR) is 280 cm³/mol. The highest BCUT2D eigenvalue weighted by Gasteiger charge is 2.42. The second-order valence-corrected chi connectivity index (χ2v) is 48.0. The topological polar surface area (TPSA) is 165 Å². The van der Waals surface area contributed by atoms with Gasteiger partial charge in [0.05, 0.1) is 57.1 Å². The van der Waals surface area contributed by atoms with Gasteiger partial charge in [-0.2, -0.15) is 0 Å². The lowest BCUT2D eigenvalue weighted by Gasteiger charge is -2.38. The average molecular weight is 1040 g/mol. The van der Waals surface area contributed by atoms with Gasteiger partial charge in [-0.1, -0.05) is 44.9 Å². The molecule has 2 aliphatic rings.